The van der Waals surface area contributed by atoms with Crippen LogP contribution in [0.3, 0.4) is 0 Å². The lowest BCUT2D eigenvalue weighted by molar-refractivity contribution is 0.588. The number of para-hydroxylation sites is 2. The van der Waals surface area contributed by atoms with Crippen LogP contribution in [0.2, 0.25) is 0 Å². The lowest BCUT2D eigenvalue weighted by Crippen LogP contribution is -2.26. The first kappa shape index (κ1) is 39.0. The maximum atomic E-state index is 5.51. The van der Waals surface area contributed by atoms with Crippen LogP contribution in [0.5, 0.6) is 0 Å². The molecule has 11 aromatic rings. The van der Waals surface area contributed by atoms with Gasteiger partial charge in [-0.05, 0) is 98.1 Å². The van der Waals surface area contributed by atoms with E-state index in [-0.39, 0.29) is 5.41 Å². The molecular formula is C62H45N5. The van der Waals surface area contributed by atoms with Crippen molar-refractivity contribution >= 4 is 38.7 Å². The summed E-state index contributed by atoms with van der Waals surface area (Å²) < 4.78 is 2.34. The van der Waals surface area contributed by atoms with Gasteiger partial charge in [-0.2, -0.15) is 9.97 Å². The molecule has 2 aliphatic carbocycles. The van der Waals surface area contributed by atoms with Crippen LogP contribution in [0, 0.1) is 0 Å². The third-order valence-electron chi connectivity index (χ3n) is 14.0. The molecule has 67 heavy (non-hydrogen) atoms. The molecule has 0 saturated carbocycles. The van der Waals surface area contributed by atoms with Crippen LogP contribution in [0.4, 0.5) is 17.1 Å². The fraction of sp³-hybridized carbons (Fsp3) is 0.0806. The number of fused-ring (bicyclic) bond motifs is 13. The Morgan fingerprint density at radius 1 is 0.433 bits per heavy atom. The number of anilines is 3. The summed E-state index contributed by atoms with van der Waals surface area (Å²) >= 11 is 0. The molecular weight excluding hydrogens is 815 g/mol. The normalized spacial score (nSPS) is 14.6. The molecule has 2 aromatic heterocycles. The van der Waals surface area contributed by atoms with Gasteiger partial charge in [0.1, 0.15) is 0 Å². The Hall–Kier alpha value is -8.41. The third kappa shape index (κ3) is 5.91. The third-order valence-corrected chi connectivity index (χ3v) is 14.0. The fourth-order valence-electron chi connectivity index (χ4n) is 11.0. The molecule has 0 fully saturated rings. The average molecular weight is 860 g/mol. The van der Waals surface area contributed by atoms with E-state index in [0.717, 1.165) is 55.7 Å². The highest BCUT2D eigenvalue weighted by Crippen LogP contribution is 2.65. The molecule has 0 saturated heterocycles. The molecule has 1 atom stereocenters. The van der Waals surface area contributed by atoms with Gasteiger partial charge < -0.3 is 4.90 Å². The molecule has 9 aromatic carbocycles. The molecule has 5 nitrogen and oxygen atoms in total. The predicted molar refractivity (Wildman–Crippen MR) is 275 cm³/mol. The summed E-state index contributed by atoms with van der Waals surface area (Å²) in [5.74, 6) is 1.81. The molecule has 318 valence electrons. The first-order valence-corrected chi connectivity index (χ1v) is 23.1. The van der Waals surface area contributed by atoms with E-state index in [4.69, 9.17) is 15.0 Å². The van der Waals surface area contributed by atoms with Crippen molar-refractivity contribution in [3.05, 3.63) is 246 Å². The predicted octanol–water partition coefficient (Wildman–Crippen LogP) is 15.4. The number of nitrogens with zero attached hydrogens (tertiary/aromatic N) is 5. The first-order valence-electron chi connectivity index (χ1n) is 23.1. The summed E-state index contributed by atoms with van der Waals surface area (Å²) in [5, 5.41) is 3.44. The number of rotatable bonds is 6. The van der Waals surface area contributed by atoms with Crippen LogP contribution in [0.1, 0.15) is 48.6 Å². The quantitative estimate of drug-likeness (QED) is 0.167. The molecule has 2 heterocycles. The molecule has 0 amide bonds. The number of hydrogen-bond acceptors (Lipinski definition) is 4. The Bertz CT molecular complexity index is 3700. The van der Waals surface area contributed by atoms with Gasteiger partial charge in [-0.15, -0.1) is 0 Å². The second-order valence-electron chi connectivity index (χ2n) is 18.8. The van der Waals surface area contributed by atoms with Crippen molar-refractivity contribution in [3.8, 4) is 51.1 Å². The van der Waals surface area contributed by atoms with Crippen molar-refractivity contribution in [2.45, 2.75) is 31.6 Å². The SMILES string of the molecule is CC(C)(C)c1ccc2c(c1)C1(c3ccccc3-2)c2ccccc2-c2c1c1cc(N(c3ccccc3)c3ccccc3)ccc1n2-c1nc(-c2ccccc2)nc(-c2ccc3ccccc3c2)n1. The Morgan fingerprint density at radius 2 is 1.01 bits per heavy atom. The van der Waals surface area contributed by atoms with Gasteiger partial charge in [0.25, 0.3) is 0 Å². The fourth-order valence-corrected chi connectivity index (χ4v) is 11.0. The van der Waals surface area contributed by atoms with E-state index in [0.29, 0.717) is 17.6 Å². The highest BCUT2D eigenvalue weighted by molar-refractivity contribution is 6.06. The monoisotopic (exact) mass is 859 g/mol. The van der Waals surface area contributed by atoms with Gasteiger partial charge in [-0.1, -0.05) is 191 Å². The van der Waals surface area contributed by atoms with Gasteiger partial charge in [0.15, 0.2) is 11.6 Å². The zero-order valence-corrected chi connectivity index (χ0v) is 37.5. The van der Waals surface area contributed by atoms with Crippen molar-refractivity contribution < 1.29 is 0 Å². The van der Waals surface area contributed by atoms with Crippen LogP contribution in [0.15, 0.2) is 218 Å². The topological polar surface area (TPSA) is 46.8 Å². The van der Waals surface area contributed by atoms with Gasteiger partial charge >= 0.3 is 0 Å². The summed E-state index contributed by atoms with van der Waals surface area (Å²) in [6.07, 6.45) is 0. The van der Waals surface area contributed by atoms with E-state index in [1.807, 2.05) is 18.2 Å². The van der Waals surface area contributed by atoms with E-state index in [2.05, 4.69) is 230 Å². The standard InChI is InChI=1S/C62H45N5/c1-61(2,3)44-33-35-49-48-27-15-17-29-52(48)62(54(49)38-44)53-30-18-16-28-50(53)57-56(62)51-39-47(66(45-23-9-5-10-24-45)46-25-11-6-12-26-46)34-36-55(51)67(57)60-64-58(41-20-7-4-8-21-41)63-59(65-60)43-32-31-40-19-13-14-22-42(40)37-43/h4-39H,1-3H3. The minimum atomic E-state index is -0.651. The van der Waals surface area contributed by atoms with Crippen LogP contribution in [-0.2, 0) is 10.8 Å². The van der Waals surface area contributed by atoms with Crippen LogP contribution in [-0.4, -0.2) is 19.5 Å². The molecule has 0 aliphatic heterocycles. The lowest BCUT2D eigenvalue weighted by Gasteiger charge is -2.32. The minimum absolute atomic E-state index is 0.0726. The Morgan fingerprint density at radius 3 is 1.72 bits per heavy atom. The lowest BCUT2D eigenvalue weighted by atomic mass is 9.69. The minimum Gasteiger partial charge on any atom is -0.310 e. The molecule has 1 spiro atoms. The van der Waals surface area contributed by atoms with E-state index < -0.39 is 5.41 Å². The van der Waals surface area contributed by atoms with Crippen molar-refractivity contribution in [2.24, 2.45) is 0 Å². The van der Waals surface area contributed by atoms with Crippen LogP contribution in [0.25, 0.3) is 72.8 Å². The summed E-state index contributed by atoms with van der Waals surface area (Å²) in [7, 11) is 0. The zero-order valence-electron chi connectivity index (χ0n) is 37.5. The van der Waals surface area contributed by atoms with Crippen molar-refractivity contribution in [1.29, 1.82) is 0 Å². The van der Waals surface area contributed by atoms with Gasteiger partial charge in [0.05, 0.1) is 16.6 Å². The highest BCUT2D eigenvalue weighted by atomic mass is 15.2. The van der Waals surface area contributed by atoms with Crippen molar-refractivity contribution in [1.82, 2.24) is 19.5 Å². The zero-order chi connectivity index (χ0) is 44.9. The van der Waals surface area contributed by atoms with E-state index >= 15 is 0 Å². The second kappa shape index (κ2) is 14.8. The first-order chi connectivity index (χ1) is 32.9. The van der Waals surface area contributed by atoms with Crippen LogP contribution >= 0.6 is 0 Å². The van der Waals surface area contributed by atoms with E-state index in [9.17, 15) is 0 Å². The number of hydrogen-bond donors (Lipinski definition) is 0. The van der Waals surface area contributed by atoms with Crippen LogP contribution < -0.4 is 4.90 Å². The maximum absolute atomic E-state index is 5.51. The molecule has 13 rings (SSSR count). The van der Waals surface area contributed by atoms with E-state index in [1.54, 1.807) is 0 Å². The molecule has 0 radical (unpaired) electrons. The van der Waals surface area contributed by atoms with Crippen molar-refractivity contribution in [2.75, 3.05) is 4.90 Å². The summed E-state index contributed by atoms with van der Waals surface area (Å²) in [4.78, 5) is 18.6. The Balaban J connectivity index is 1.18. The highest BCUT2D eigenvalue weighted by Gasteiger charge is 2.54. The molecule has 5 heteroatoms. The van der Waals surface area contributed by atoms with Gasteiger partial charge in [-0.3, -0.25) is 4.57 Å². The summed E-state index contributed by atoms with van der Waals surface area (Å²) in [6.45, 7) is 6.95. The Kier molecular flexibility index (Phi) is 8.62. The van der Waals surface area contributed by atoms with Gasteiger partial charge in [0.2, 0.25) is 5.95 Å². The van der Waals surface area contributed by atoms with E-state index in [1.165, 1.54) is 44.3 Å². The maximum Gasteiger partial charge on any atom is 0.238 e. The average Bonchev–Trinajstić information content (AvgIpc) is 3.98. The van der Waals surface area contributed by atoms with Crippen molar-refractivity contribution in [3.63, 3.8) is 0 Å². The smallest absolute Gasteiger partial charge is 0.238 e. The summed E-state index contributed by atoms with van der Waals surface area (Å²) in [5.41, 5.74) is 16.5. The molecule has 0 N–H and O–H groups in total. The number of aromatic nitrogens is 4. The number of benzene rings is 9. The Labute approximate surface area is 390 Å². The second-order valence-corrected chi connectivity index (χ2v) is 18.8. The van der Waals surface area contributed by atoms with Gasteiger partial charge in [-0.25, -0.2) is 4.98 Å². The largest absolute Gasteiger partial charge is 0.310 e. The molecule has 0 bridgehead atoms. The summed E-state index contributed by atoms with van der Waals surface area (Å²) in [6, 6.07) is 78.8. The molecule has 2 aliphatic rings. The van der Waals surface area contributed by atoms with Gasteiger partial charge in [0, 0.05) is 44.7 Å². The molecule has 1 unspecified atom stereocenters.